The topological polar surface area (TPSA) is 75.1 Å². The van der Waals surface area contributed by atoms with Crippen molar-refractivity contribution in [3.63, 3.8) is 0 Å². The summed E-state index contributed by atoms with van der Waals surface area (Å²) >= 11 is 5.91. The average molecular weight is 382 g/mol. The van der Waals surface area contributed by atoms with Crippen LogP contribution < -0.4 is 5.32 Å². The van der Waals surface area contributed by atoms with Gasteiger partial charge in [0.1, 0.15) is 29.2 Å². The summed E-state index contributed by atoms with van der Waals surface area (Å²) in [4.78, 5) is 16.1. The largest absolute Gasteiger partial charge is 0.373 e. The van der Waals surface area contributed by atoms with Crippen molar-refractivity contribution in [1.82, 2.24) is 10.3 Å². The molecule has 0 saturated carbocycles. The fourth-order valence-electron chi connectivity index (χ4n) is 2.18. The van der Waals surface area contributed by atoms with Gasteiger partial charge in [0.05, 0.1) is 12.2 Å². The van der Waals surface area contributed by atoms with E-state index in [1.807, 2.05) is 6.92 Å². The first-order valence-electron chi connectivity index (χ1n) is 7.95. The van der Waals surface area contributed by atoms with Gasteiger partial charge in [0, 0.05) is 6.20 Å². The van der Waals surface area contributed by atoms with Crippen LogP contribution in [0.2, 0.25) is 5.15 Å². The van der Waals surface area contributed by atoms with Crippen LogP contribution >= 0.6 is 11.6 Å². The van der Waals surface area contributed by atoms with E-state index in [0.717, 1.165) is 23.8 Å². The number of rotatable bonds is 7. The van der Waals surface area contributed by atoms with Crippen molar-refractivity contribution >= 4 is 23.3 Å². The van der Waals surface area contributed by atoms with Gasteiger partial charge in [0.15, 0.2) is 0 Å². The maximum absolute atomic E-state index is 13.5. The molecule has 26 heavy (non-hydrogen) atoms. The average Bonchev–Trinajstić information content (AvgIpc) is 2.61. The quantitative estimate of drug-likeness (QED) is 0.333. The van der Waals surface area contributed by atoms with Crippen LogP contribution in [-0.2, 0) is 17.6 Å². The van der Waals surface area contributed by atoms with Gasteiger partial charge < -0.3 is 10.1 Å². The minimum absolute atomic E-state index is 0.0509. The van der Waals surface area contributed by atoms with E-state index in [-0.39, 0.29) is 41.8 Å². The van der Waals surface area contributed by atoms with Crippen molar-refractivity contribution < 1.29 is 18.3 Å². The lowest BCUT2D eigenvalue weighted by Gasteiger charge is -2.10. The van der Waals surface area contributed by atoms with Crippen LogP contribution in [0.4, 0.5) is 8.78 Å². The minimum atomic E-state index is -0.553. The molecule has 2 aromatic rings. The Labute approximate surface area is 154 Å². The highest BCUT2D eigenvalue weighted by Gasteiger charge is 2.14. The predicted octanol–water partition coefficient (Wildman–Crippen LogP) is 3.54. The molecule has 0 saturated heterocycles. The van der Waals surface area contributed by atoms with Gasteiger partial charge in [0.2, 0.25) is 0 Å². The molecule has 1 heterocycles. The molecule has 5 nitrogen and oxygen atoms in total. The first kappa shape index (κ1) is 19.9. The number of carbonyl (C=O) groups excluding carboxylic acids is 1. The zero-order valence-electron chi connectivity index (χ0n) is 14.1. The molecule has 1 amide bonds. The van der Waals surface area contributed by atoms with Gasteiger partial charge in [-0.25, -0.2) is 13.8 Å². The zero-order chi connectivity index (χ0) is 19.1. The molecule has 0 bridgehead atoms. The van der Waals surface area contributed by atoms with Crippen molar-refractivity contribution in [2.45, 2.75) is 19.8 Å². The van der Waals surface area contributed by atoms with E-state index in [1.54, 1.807) is 12.3 Å². The third kappa shape index (κ3) is 5.57. The fourth-order valence-corrected chi connectivity index (χ4v) is 2.36. The Balaban J connectivity index is 1.81. The highest BCUT2D eigenvalue weighted by Crippen LogP contribution is 2.15. The number of hydrogen-bond donors (Lipinski definition) is 2. The molecular weight excluding hydrogens is 364 g/mol. The van der Waals surface area contributed by atoms with Crippen molar-refractivity contribution in [3.05, 3.63) is 63.9 Å². The van der Waals surface area contributed by atoms with Crippen LogP contribution in [0.3, 0.4) is 0 Å². The molecule has 1 aromatic carbocycles. The van der Waals surface area contributed by atoms with E-state index in [1.165, 1.54) is 0 Å². The van der Waals surface area contributed by atoms with Crippen molar-refractivity contribution in [1.29, 1.82) is 5.41 Å². The smallest absolute Gasteiger partial charge is 0.259 e. The predicted molar refractivity (Wildman–Crippen MR) is 94.7 cm³/mol. The molecule has 0 spiro atoms. The number of benzene rings is 1. The zero-order valence-corrected chi connectivity index (χ0v) is 14.9. The second-order valence-corrected chi connectivity index (χ2v) is 5.86. The monoisotopic (exact) mass is 381 g/mol. The van der Waals surface area contributed by atoms with Crippen LogP contribution in [0.15, 0.2) is 30.5 Å². The molecule has 8 heteroatoms. The normalized spacial score (nSPS) is 10.6. The number of aryl methyl sites for hydroxylation is 1. The summed E-state index contributed by atoms with van der Waals surface area (Å²) < 4.78 is 31.8. The third-order valence-corrected chi connectivity index (χ3v) is 3.88. The second kappa shape index (κ2) is 9.35. The van der Waals surface area contributed by atoms with Crippen molar-refractivity contribution in [2.24, 2.45) is 0 Å². The fraction of sp³-hybridized carbons (Fsp3) is 0.278. The van der Waals surface area contributed by atoms with Gasteiger partial charge in [-0.2, -0.15) is 0 Å². The summed E-state index contributed by atoms with van der Waals surface area (Å²) in [5, 5.41) is 10.2. The Morgan fingerprint density at radius 2 is 2.12 bits per heavy atom. The number of amides is 1. The van der Waals surface area contributed by atoms with Gasteiger partial charge >= 0.3 is 0 Å². The summed E-state index contributed by atoms with van der Waals surface area (Å²) in [6.45, 7) is 1.82. The maximum Gasteiger partial charge on any atom is 0.259 e. The van der Waals surface area contributed by atoms with Crippen LogP contribution in [0, 0.1) is 17.0 Å². The lowest BCUT2D eigenvalue weighted by Crippen LogP contribution is -2.33. The number of ether oxygens (including phenoxy) is 1. The molecule has 0 atom stereocenters. The molecule has 2 N–H and O–H groups in total. The number of pyridine rings is 1. The van der Waals surface area contributed by atoms with Crippen LogP contribution in [0.25, 0.3) is 0 Å². The SMILES string of the molecule is CCc1cnc(Cl)c(C(=O)NC(=N)COCCc2cc(F)ccc2F)c1. The Hall–Kier alpha value is -2.38. The number of amidine groups is 1. The molecule has 0 aliphatic heterocycles. The van der Waals surface area contributed by atoms with Crippen LogP contribution in [0.5, 0.6) is 0 Å². The van der Waals surface area contributed by atoms with E-state index in [4.69, 9.17) is 21.7 Å². The Morgan fingerprint density at radius 3 is 2.85 bits per heavy atom. The number of halogens is 3. The van der Waals surface area contributed by atoms with Crippen LogP contribution in [-0.4, -0.2) is 29.9 Å². The number of nitrogens with one attached hydrogen (secondary N) is 2. The Bertz CT molecular complexity index is 815. The summed E-state index contributed by atoms with van der Waals surface area (Å²) in [6.07, 6.45) is 2.43. The van der Waals surface area contributed by atoms with E-state index >= 15 is 0 Å². The Morgan fingerprint density at radius 1 is 1.35 bits per heavy atom. The van der Waals surface area contributed by atoms with Crippen molar-refractivity contribution in [2.75, 3.05) is 13.2 Å². The molecule has 0 aliphatic rings. The number of nitrogens with zero attached hydrogens (tertiary/aromatic N) is 1. The molecule has 0 unspecified atom stereocenters. The number of carbonyl (C=O) groups is 1. The van der Waals surface area contributed by atoms with Crippen molar-refractivity contribution in [3.8, 4) is 0 Å². The number of hydrogen-bond acceptors (Lipinski definition) is 4. The van der Waals surface area contributed by atoms with E-state index in [0.29, 0.717) is 6.42 Å². The molecule has 0 fully saturated rings. The first-order valence-corrected chi connectivity index (χ1v) is 8.33. The second-order valence-electron chi connectivity index (χ2n) is 5.51. The summed E-state index contributed by atoms with van der Waals surface area (Å²) in [7, 11) is 0. The highest BCUT2D eigenvalue weighted by molar-refractivity contribution is 6.33. The van der Waals surface area contributed by atoms with Gasteiger partial charge in [-0.3, -0.25) is 10.2 Å². The first-order chi connectivity index (χ1) is 12.4. The lowest BCUT2D eigenvalue weighted by atomic mass is 10.1. The highest BCUT2D eigenvalue weighted by atomic mass is 35.5. The summed E-state index contributed by atoms with van der Waals surface area (Å²) in [6, 6.07) is 4.81. The van der Waals surface area contributed by atoms with Crippen LogP contribution in [0.1, 0.15) is 28.4 Å². The molecule has 1 aromatic heterocycles. The Kier molecular flexibility index (Phi) is 7.17. The standard InChI is InChI=1S/C18H18ClF2N3O2/c1-2-11-7-14(17(19)23-9-11)18(25)24-16(22)10-26-6-5-12-8-13(20)3-4-15(12)21/h3-4,7-9H,2,5-6,10H2,1H3,(H2,22,24,25). The maximum atomic E-state index is 13.5. The van der Waals surface area contributed by atoms with E-state index in [2.05, 4.69) is 10.3 Å². The lowest BCUT2D eigenvalue weighted by molar-refractivity contribution is 0.0970. The van der Waals surface area contributed by atoms with Gasteiger partial charge in [-0.15, -0.1) is 0 Å². The molecule has 0 radical (unpaired) electrons. The van der Waals surface area contributed by atoms with Gasteiger partial charge in [0.25, 0.3) is 5.91 Å². The summed E-state index contributed by atoms with van der Waals surface area (Å²) in [5.74, 6) is -1.77. The number of aromatic nitrogens is 1. The third-order valence-electron chi connectivity index (χ3n) is 3.58. The molecular formula is C18H18ClF2N3O2. The van der Waals surface area contributed by atoms with Gasteiger partial charge in [-0.1, -0.05) is 18.5 Å². The van der Waals surface area contributed by atoms with E-state index in [9.17, 15) is 13.6 Å². The minimum Gasteiger partial charge on any atom is -0.373 e. The van der Waals surface area contributed by atoms with E-state index < -0.39 is 17.5 Å². The van der Waals surface area contributed by atoms with Gasteiger partial charge in [-0.05, 0) is 48.2 Å². The molecule has 0 aliphatic carbocycles. The summed E-state index contributed by atoms with van der Waals surface area (Å²) in [5.41, 5.74) is 1.21. The molecule has 138 valence electrons. The molecule has 2 rings (SSSR count).